The van der Waals surface area contributed by atoms with E-state index in [9.17, 15) is 0 Å². The van der Waals surface area contributed by atoms with Crippen molar-refractivity contribution in [2.45, 2.75) is 37.6 Å². The molecule has 0 aromatic carbocycles. The maximum Gasteiger partial charge on any atom is 0.160 e. The number of aromatic nitrogens is 3. The average molecular weight is 286 g/mol. The summed E-state index contributed by atoms with van der Waals surface area (Å²) in [6, 6.07) is 4.54. The molecule has 1 N–H and O–H groups in total. The van der Waals surface area contributed by atoms with E-state index in [1.165, 1.54) is 18.7 Å². The van der Waals surface area contributed by atoms with Crippen molar-refractivity contribution in [2.24, 2.45) is 0 Å². The number of nitrogens with one attached hydrogen (secondary N) is 1. The number of nitrogens with zero attached hydrogens (tertiary/aromatic N) is 3. The minimum absolute atomic E-state index is 0.482. The zero-order valence-corrected chi connectivity index (χ0v) is 12.3. The maximum absolute atomic E-state index is 5.53. The Bertz CT molecular complexity index is 612. The van der Waals surface area contributed by atoms with Gasteiger partial charge in [0.25, 0.3) is 0 Å². The van der Waals surface area contributed by atoms with Crippen LogP contribution in [-0.4, -0.2) is 40.8 Å². The van der Waals surface area contributed by atoms with Crippen LogP contribution in [0.4, 0.5) is 0 Å². The minimum atomic E-state index is 0.482. The van der Waals surface area contributed by atoms with Crippen molar-refractivity contribution in [1.82, 2.24) is 19.9 Å². The van der Waals surface area contributed by atoms with E-state index >= 15 is 0 Å². The Hall–Kier alpha value is -1.46. The predicted molar refractivity (Wildman–Crippen MR) is 81.5 cm³/mol. The second-order valence-corrected chi connectivity index (χ2v) is 6.07. The van der Waals surface area contributed by atoms with E-state index in [1.807, 2.05) is 12.3 Å². The molecule has 0 amide bonds. The molecule has 21 heavy (non-hydrogen) atoms. The Labute approximate surface area is 124 Å². The molecule has 5 heteroatoms. The summed E-state index contributed by atoms with van der Waals surface area (Å²) in [6.07, 6.45) is 6.46. The van der Waals surface area contributed by atoms with Gasteiger partial charge in [0.15, 0.2) is 5.65 Å². The molecular weight excluding hydrogens is 264 g/mol. The van der Waals surface area contributed by atoms with Crippen LogP contribution in [0, 0.1) is 0 Å². The SMILES string of the molecule is c1cnc2c(c1)nc(C1CCCNC1)n2C1CCOCC1. The molecule has 1 unspecified atom stereocenters. The molecule has 2 aliphatic heterocycles. The van der Waals surface area contributed by atoms with Gasteiger partial charge in [-0.2, -0.15) is 0 Å². The van der Waals surface area contributed by atoms with Crippen LogP contribution in [0.2, 0.25) is 0 Å². The molecule has 0 saturated carbocycles. The first-order valence-electron chi connectivity index (χ1n) is 8.05. The maximum atomic E-state index is 5.53. The van der Waals surface area contributed by atoms with E-state index in [0.29, 0.717) is 12.0 Å². The lowest BCUT2D eigenvalue weighted by atomic mass is 9.98. The third-order valence-electron chi connectivity index (χ3n) is 4.69. The van der Waals surface area contributed by atoms with Gasteiger partial charge in [0, 0.05) is 37.9 Å². The smallest absolute Gasteiger partial charge is 0.160 e. The number of hydrogen-bond donors (Lipinski definition) is 1. The third kappa shape index (κ3) is 2.45. The van der Waals surface area contributed by atoms with E-state index in [4.69, 9.17) is 9.72 Å². The first-order valence-corrected chi connectivity index (χ1v) is 8.05. The lowest BCUT2D eigenvalue weighted by Crippen LogP contribution is -2.31. The first-order chi connectivity index (χ1) is 10.4. The molecule has 0 bridgehead atoms. The van der Waals surface area contributed by atoms with Gasteiger partial charge in [-0.3, -0.25) is 0 Å². The molecular formula is C16H22N4O. The van der Waals surface area contributed by atoms with Gasteiger partial charge < -0.3 is 14.6 Å². The highest BCUT2D eigenvalue weighted by Crippen LogP contribution is 2.32. The van der Waals surface area contributed by atoms with Gasteiger partial charge in [-0.05, 0) is 44.4 Å². The van der Waals surface area contributed by atoms with Gasteiger partial charge in [0.1, 0.15) is 11.3 Å². The molecule has 5 nitrogen and oxygen atoms in total. The molecule has 2 fully saturated rings. The average Bonchev–Trinajstić information content (AvgIpc) is 2.96. The minimum Gasteiger partial charge on any atom is -0.381 e. The number of pyridine rings is 1. The lowest BCUT2D eigenvalue weighted by molar-refractivity contribution is 0.0693. The Morgan fingerprint density at radius 2 is 2.14 bits per heavy atom. The highest BCUT2D eigenvalue weighted by atomic mass is 16.5. The van der Waals surface area contributed by atoms with Crippen LogP contribution in [-0.2, 0) is 4.74 Å². The molecule has 1 atom stereocenters. The van der Waals surface area contributed by atoms with Gasteiger partial charge in [-0.15, -0.1) is 0 Å². The molecule has 2 saturated heterocycles. The zero-order chi connectivity index (χ0) is 14.1. The molecule has 2 aromatic rings. The topological polar surface area (TPSA) is 52.0 Å². The molecule has 2 aliphatic rings. The van der Waals surface area contributed by atoms with E-state index in [0.717, 1.165) is 50.3 Å². The Kier molecular flexibility index (Phi) is 3.61. The summed E-state index contributed by atoms with van der Waals surface area (Å²) in [7, 11) is 0. The molecule has 112 valence electrons. The van der Waals surface area contributed by atoms with Crippen LogP contribution in [0.1, 0.15) is 43.5 Å². The fraction of sp³-hybridized carbons (Fsp3) is 0.625. The van der Waals surface area contributed by atoms with Gasteiger partial charge >= 0.3 is 0 Å². The largest absolute Gasteiger partial charge is 0.381 e. The Balaban J connectivity index is 1.79. The fourth-order valence-electron chi connectivity index (χ4n) is 3.61. The number of piperidine rings is 1. The molecule has 0 radical (unpaired) electrons. The van der Waals surface area contributed by atoms with Gasteiger partial charge in [0.2, 0.25) is 0 Å². The number of hydrogen-bond acceptors (Lipinski definition) is 4. The third-order valence-corrected chi connectivity index (χ3v) is 4.69. The van der Waals surface area contributed by atoms with Crippen molar-refractivity contribution < 1.29 is 4.74 Å². The summed E-state index contributed by atoms with van der Waals surface area (Å²) in [5, 5.41) is 3.51. The van der Waals surface area contributed by atoms with E-state index in [-0.39, 0.29) is 0 Å². The predicted octanol–water partition coefficient (Wildman–Crippen LogP) is 2.25. The number of ether oxygens (including phenoxy) is 1. The number of imidazole rings is 1. The first kappa shape index (κ1) is 13.2. The second-order valence-electron chi connectivity index (χ2n) is 6.07. The summed E-state index contributed by atoms with van der Waals surface area (Å²) in [6.45, 7) is 3.86. The quantitative estimate of drug-likeness (QED) is 0.920. The van der Waals surface area contributed by atoms with Gasteiger partial charge in [0.05, 0.1) is 0 Å². The van der Waals surface area contributed by atoms with Gasteiger partial charge in [-0.1, -0.05) is 0 Å². The number of fused-ring (bicyclic) bond motifs is 1. The highest BCUT2D eigenvalue weighted by molar-refractivity contribution is 5.71. The zero-order valence-electron chi connectivity index (χ0n) is 12.3. The monoisotopic (exact) mass is 286 g/mol. The summed E-state index contributed by atoms with van der Waals surface area (Å²) >= 11 is 0. The normalized spacial score (nSPS) is 24.5. The molecule has 0 spiro atoms. The van der Waals surface area contributed by atoms with Crippen LogP contribution in [0.3, 0.4) is 0 Å². The highest BCUT2D eigenvalue weighted by Gasteiger charge is 2.27. The Morgan fingerprint density at radius 3 is 2.95 bits per heavy atom. The van der Waals surface area contributed by atoms with Crippen molar-refractivity contribution >= 4 is 11.2 Å². The lowest BCUT2D eigenvalue weighted by Gasteiger charge is -2.29. The fourth-order valence-corrected chi connectivity index (χ4v) is 3.61. The van der Waals surface area contributed by atoms with Crippen molar-refractivity contribution in [1.29, 1.82) is 0 Å². The second kappa shape index (κ2) is 5.73. The van der Waals surface area contributed by atoms with Crippen LogP contribution in [0.25, 0.3) is 11.2 Å². The van der Waals surface area contributed by atoms with Crippen LogP contribution < -0.4 is 5.32 Å². The van der Waals surface area contributed by atoms with E-state index < -0.39 is 0 Å². The van der Waals surface area contributed by atoms with E-state index in [1.54, 1.807) is 0 Å². The van der Waals surface area contributed by atoms with Crippen LogP contribution in [0.15, 0.2) is 18.3 Å². The van der Waals surface area contributed by atoms with Crippen molar-refractivity contribution in [2.75, 3.05) is 26.3 Å². The van der Waals surface area contributed by atoms with Crippen molar-refractivity contribution in [3.63, 3.8) is 0 Å². The summed E-state index contributed by atoms with van der Waals surface area (Å²) in [4.78, 5) is 9.54. The number of rotatable bonds is 2. The van der Waals surface area contributed by atoms with Crippen LogP contribution >= 0.6 is 0 Å². The Morgan fingerprint density at radius 1 is 1.24 bits per heavy atom. The molecule has 4 heterocycles. The van der Waals surface area contributed by atoms with Crippen molar-refractivity contribution in [3.05, 3.63) is 24.2 Å². The summed E-state index contributed by atoms with van der Waals surface area (Å²) in [5.41, 5.74) is 2.08. The summed E-state index contributed by atoms with van der Waals surface area (Å²) < 4.78 is 7.94. The van der Waals surface area contributed by atoms with Gasteiger partial charge in [-0.25, -0.2) is 9.97 Å². The molecule has 2 aromatic heterocycles. The van der Waals surface area contributed by atoms with E-state index in [2.05, 4.69) is 20.9 Å². The standard InChI is InChI=1S/C16H22N4O/c1-3-12(11-17-7-1)15-19-14-4-2-8-18-16(14)20(15)13-5-9-21-10-6-13/h2,4,8,12-13,17H,1,3,5-7,9-11H2. The molecule has 0 aliphatic carbocycles. The molecule has 4 rings (SSSR count). The van der Waals surface area contributed by atoms with Crippen molar-refractivity contribution in [3.8, 4) is 0 Å². The summed E-state index contributed by atoms with van der Waals surface area (Å²) in [5.74, 6) is 1.73. The van der Waals surface area contributed by atoms with Crippen LogP contribution in [0.5, 0.6) is 0 Å².